The second-order valence-electron chi connectivity index (χ2n) is 6.86. The molecule has 3 N–H and O–H groups in total. The first-order chi connectivity index (χ1) is 14.1. The minimum atomic E-state index is 0.0820. The highest BCUT2D eigenvalue weighted by Crippen LogP contribution is 2.41. The monoisotopic (exact) mass is 386 g/mol. The average Bonchev–Trinajstić information content (AvgIpc) is 3.08. The predicted molar refractivity (Wildman–Crippen MR) is 113 cm³/mol. The van der Waals surface area contributed by atoms with Crippen LogP contribution in [0, 0.1) is 0 Å². The number of hydrogen-bond acceptors (Lipinski definition) is 4. The van der Waals surface area contributed by atoms with Crippen LogP contribution in [-0.2, 0) is 6.42 Å². The molecule has 0 aliphatic rings. The van der Waals surface area contributed by atoms with Crippen LogP contribution in [0.3, 0.4) is 0 Å². The fraction of sp³-hybridized carbons (Fsp3) is 0.125. The van der Waals surface area contributed by atoms with Gasteiger partial charge < -0.3 is 15.3 Å². The van der Waals surface area contributed by atoms with E-state index in [-0.39, 0.29) is 17.2 Å². The number of aromatic hydroxyl groups is 3. The van der Waals surface area contributed by atoms with Crippen molar-refractivity contribution in [3.63, 3.8) is 0 Å². The van der Waals surface area contributed by atoms with Gasteiger partial charge in [-0.25, -0.2) is 4.68 Å². The van der Waals surface area contributed by atoms with Crippen LogP contribution < -0.4 is 0 Å². The maximum Gasteiger partial charge on any atom is 0.141 e. The molecular formula is C24H22N2O3. The van der Waals surface area contributed by atoms with Crippen LogP contribution in [0.15, 0.2) is 72.8 Å². The quantitative estimate of drug-likeness (QED) is 0.436. The lowest BCUT2D eigenvalue weighted by Gasteiger charge is -2.12. The molecule has 1 heterocycles. The minimum absolute atomic E-state index is 0.0820. The molecule has 5 nitrogen and oxygen atoms in total. The Morgan fingerprint density at radius 2 is 1.28 bits per heavy atom. The van der Waals surface area contributed by atoms with E-state index in [0.29, 0.717) is 34.6 Å². The molecule has 0 bridgehead atoms. The van der Waals surface area contributed by atoms with Gasteiger partial charge in [-0.2, -0.15) is 5.10 Å². The van der Waals surface area contributed by atoms with Gasteiger partial charge in [0, 0.05) is 16.7 Å². The lowest BCUT2D eigenvalue weighted by atomic mass is 9.97. The summed E-state index contributed by atoms with van der Waals surface area (Å²) in [7, 11) is 0. The highest BCUT2D eigenvalue weighted by molar-refractivity contribution is 5.81. The summed E-state index contributed by atoms with van der Waals surface area (Å²) in [4.78, 5) is 0. The Morgan fingerprint density at radius 3 is 1.86 bits per heavy atom. The summed E-state index contributed by atoms with van der Waals surface area (Å²) in [5, 5.41) is 36.3. The SMILES string of the molecule is CCCc1c(-c2ccccc2O)nn(-c2ccccc2O)c1-c1ccccc1O. The molecule has 0 fully saturated rings. The Hall–Kier alpha value is -3.73. The van der Waals surface area contributed by atoms with Crippen LogP contribution in [0.4, 0.5) is 0 Å². The van der Waals surface area contributed by atoms with Gasteiger partial charge >= 0.3 is 0 Å². The third-order valence-electron chi connectivity index (χ3n) is 4.91. The van der Waals surface area contributed by atoms with E-state index in [4.69, 9.17) is 5.10 Å². The number of benzene rings is 3. The number of hydrogen-bond donors (Lipinski definition) is 3. The van der Waals surface area contributed by atoms with Crippen LogP contribution in [0.2, 0.25) is 0 Å². The average molecular weight is 386 g/mol. The predicted octanol–water partition coefficient (Wildman–Crippen LogP) is 5.28. The summed E-state index contributed by atoms with van der Waals surface area (Å²) in [5.41, 5.74) is 3.97. The normalized spacial score (nSPS) is 10.9. The van der Waals surface area contributed by atoms with E-state index in [1.807, 2.05) is 30.3 Å². The zero-order valence-corrected chi connectivity index (χ0v) is 16.1. The molecule has 146 valence electrons. The van der Waals surface area contributed by atoms with Gasteiger partial charge in [0.15, 0.2) is 0 Å². The Balaban J connectivity index is 2.10. The first kappa shape index (κ1) is 18.6. The van der Waals surface area contributed by atoms with Gasteiger partial charge in [-0.05, 0) is 42.8 Å². The van der Waals surface area contributed by atoms with Crippen LogP contribution >= 0.6 is 0 Å². The summed E-state index contributed by atoms with van der Waals surface area (Å²) in [6.45, 7) is 2.07. The number of phenols is 3. The second-order valence-corrected chi connectivity index (χ2v) is 6.86. The van der Waals surface area contributed by atoms with Gasteiger partial charge in [0.05, 0.1) is 5.69 Å². The van der Waals surface area contributed by atoms with Crippen LogP contribution in [0.25, 0.3) is 28.2 Å². The maximum absolute atomic E-state index is 10.6. The highest BCUT2D eigenvalue weighted by atomic mass is 16.3. The van der Waals surface area contributed by atoms with Crippen molar-refractivity contribution in [1.29, 1.82) is 0 Å². The van der Waals surface area contributed by atoms with E-state index in [1.165, 1.54) is 0 Å². The zero-order chi connectivity index (χ0) is 20.4. The Bertz CT molecular complexity index is 1160. The van der Waals surface area contributed by atoms with Crippen molar-refractivity contribution in [2.24, 2.45) is 0 Å². The van der Waals surface area contributed by atoms with Gasteiger partial charge in [0.25, 0.3) is 0 Å². The molecule has 3 aromatic carbocycles. The summed E-state index contributed by atoms with van der Waals surface area (Å²) < 4.78 is 1.65. The van der Waals surface area contributed by atoms with Gasteiger partial charge in [0.2, 0.25) is 0 Å². The molecule has 0 aliphatic heterocycles. The molecule has 4 rings (SSSR count). The van der Waals surface area contributed by atoms with Gasteiger partial charge in [-0.15, -0.1) is 0 Å². The first-order valence-corrected chi connectivity index (χ1v) is 9.58. The van der Waals surface area contributed by atoms with E-state index in [1.54, 1.807) is 47.1 Å². The Morgan fingerprint density at radius 1 is 0.724 bits per heavy atom. The summed E-state index contributed by atoms with van der Waals surface area (Å²) in [6, 6.07) is 21.1. The smallest absolute Gasteiger partial charge is 0.141 e. The molecule has 29 heavy (non-hydrogen) atoms. The van der Waals surface area contributed by atoms with Crippen LogP contribution in [0.5, 0.6) is 17.2 Å². The molecule has 0 saturated heterocycles. The molecule has 0 aliphatic carbocycles. The fourth-order valence-electron chi connectivity index (χ4n) is 3.60. The molecular weight excluding hydrogens is 364 g/mol. The molecule has 0 unspecified atom stereocenters. The zero-order valence-electron chi connectivity index (χ0n) is 16.1. The number of rotatable bonds is 5. The summed E-state index contributed by atoms with van der Waals surface area (Å²) in [5.74, 6) is 0.347. The Labute approximate surface area is 169 Å². The molecule has 0 radical (unpaired) electrons. The van der Waals surface area contributed by atoms with E-state index in [9.17, 15) is 15.3 Å². The van der Waals surface area contributed by atoms with Gasteiger partial charge in [0.1, 0.15) is 28.6 Å². The van der Waals surface area contributed by atoms with Crippen molar-refractivity contribution in [2.45, 2.75) is 19.8 Å². The number of phenolic OH excluding ortho intramolecular Hbond substituents is 3. The van der Waals surface area contributed by atoms with Crippen molar-refractivity contribution in [1.82, 2.24) is 9.78 Å². The van der Waals surface area contributed by atoms with Crippen LogP contribution in [0.1, 0.15) is 18.9 Å². The molecule has 4 aromatic rings. The van der Waals surface area contributed by atoms with E-state index >= 15 is 0 Å². The fourth-order valence-corrected chi connectivity index (χ4v) is 3.60. The minimum Gasteiger partial charge on any atom is -0.507 e. The lowest BCUT2D eigenvalue weighted by Crippen LogP contribution is -2.00. The highest BCUT2D eigenvalue weighted by Gasteiger charge is 2.24. The first-order valence-electron chi connectivity index (χ1n) is 9.58. The Kier molecular flexibility index (Phi) is 4.96. The standard InChI is InChI=1S/C24H22N2O3/c1-2-9-18-23(16-10-3-6-13-20(16)27)25-26(19-12-5-8-15-22(19)29)24(18)17-11-4-7-14-21(17)28/h3-8,10-15,27-29H,2,9H2,1H3. The summed E-state index contributed by atoms with van der Waals surface area (Å²) in [6.07, 6.45) is 1.55. The molecule has 5 heteroatoms. The largest absolute Gasteiger partial charge is 0.507 e. The summed E-state index contributed by atoms with van der Waals surface area (Å²) >= 11 is 0. The number of nitrogens with zero attached hydrogens (tertiary/aromatic N) is 2. The number of aromatic nitrogens is 2. The maximum atomic E-state index is 10.6. The van der Waals surface area contributed by atoms with Crippen molar-refractivity contribution < 1.29 is 15.3 Å². The van der Waals surface area contributed by atoms with E-state index in [2.05, 4.69) is 6.92 Å². The van der Waals surface area contributed by atoms with E-state index in [0.717, 1.165) is 12.0 Å². The third-order valence-corrected chi connectivity index (χ3v) is 4.91. The van der Waals surface area contributed by atoms with Crippen molar-refractivity contribution in [3.8, 4) is 45.5 Å². The third kappa shape index (κ3) is 3.31. The molecule has 0 spiro atoms. The van der Waals surface area contributed by atoms with Crippen molar-refractivity contribution in [2.75, 3.05) is 0 Å². The van der Waals surface area contributed by atoms with Gasteiger partial charge in [-0.3, -0.25) is 0 Å². The number of para-hydroxylation sites is 4. The van der Waals surface area contributed by atoms with Crippen molar-refractivity contribution in [3.05, 3.63) is 78.4 Å². The topological polar surface area (TPSA) is 78.5 Å². The molecule has 0 amide bonds. The van der Waals surface area contributed by atoms with E-state index < -0.39 is 0 Å². The van der Waals surface area contributed by atoms with Crippen molar-refractivity contribution >= 4 is 0 Å². The van der Waals surface area contributed by atoms with Crippen LogP contribution in [-0.4, -0.2) is 25.1 Å². The molecule has 1 aromatic heterocycles. The molecule has 0 saturated carbocycles. The lowest BCUT2D eigenvalue weighted by molar-refractivity contribution is 0.469. The van der Waals surface area contributed by atoms with Gasteiger partial charge in [-0.1, -0.05) is 49.7 Å². The second kappa shape index (κ2) is 7.72. The molecule has 0 atom stereocenters.